The summed E-state index contributed by atoms with van der Waals surface area (Å²) >= 11 is 3.21. The maximum Gasteiger partial charge on any atom is 0.248 e. The van der Waals surface area contributed by atoms with Gasteiger partial charge < -0.3 is 20.7 Å². The summed E-state index contributed by atoms with van der Waals surface area (Å²) in [6.45, 7) is 8.10. The zero-order valence-electron chi connectivity index (χ0n) is 18.0. The van der Waals surface area contributed by atoms with Crippen molar-refractivity contribution in [2.45, 2.75) is 46.1 Å². The molecule has 7 nitrogen and oxygen atoms in total. The van der Waals surface area contributed by atoms with Crippen molar-refractivity contribution in [1.82, 2.24) is 9.97 Å². The third kappa shape index (κ3) is 4.99. The van der Waals surface area contributed by atoms with Gasteiger partial charge in [-0.05, 0) is 58.2 Å². The molecule has 164 valence electrons. The molecule has 1 aliphatic heterocycles. The molecule has 0 unspecified atom stereocenters. The molecule has 0 aliphatic carbocycles. The highest BCUT2D eigenvalue weighted by Gasteiger charge is 2.19. The molecule has 1 amide bonds. The van der Waals surface area contributed by atoms with E-state index in [0.29, 0.717) is 17.0 Å². The third-order valence-electron chi connectivity index (χ3n) is 5.02. The van der Waals surface area contributed by atoms with Crippen molar-refractivity contribution in [3.05, 3.63) is 34.8 Å². The lowest BCUT2D eigenvalue weighted by molar-refractivity contribution is 0.100. The topological polar surface area (TPSA) is 93.4 Å². The maximum atomic E-state index is 11.6. The lowest BCUT2D eigenvalue weighted by Gasteiger charge is -2.25. The number of amides is 1. The normalized spacial score (nSPS) is 14.1. The summed E-state index contributed by atoms with van der Waals surface area (Å²) < 4.78 is 5.88. The second-order valence-corrected chi connectivity index (χ2v) is 9.70. The predicted octanol–water partition coefficient (Wildman–Crippen LogP) is 5.20. The first-order valence-electron chi connectivity index (χ1n) is 10.5. The first-order chi connectivity index (χ1) is 14.9. The van der Waals surface area contributed by atoms with Gasteiger partial charge in [-0.2, -0.15) is 0 Å². The molecule has 3 aromatic rings. The molecule has 0 spiro atoms. The molecule has 0 radical (unpaired) electrons. The number of hydrogen-bond acceptors (Lipinski definition) is 8. The fraction of sp³-hybridized carbons (Fsp3) is 0.409. The van der Waals surface area contributed by atoms with Gasteiger partial charge in [-0.25, -0.2) is 9.97 Å². The molecule has 4 rings (SSSR count). The number of nitrogens with two attached hydrogens (primary N) is 1. The smallest absolute Gasteiger partial charge is 0.248 e. The zero-order valence-corrected chi connectivity index (χ0v) is 19.6. The highest BCUT2D eigenvalue weighted by Crippen LogP contribution is 2.38. The summed E-state index contributed by atoms with van der Waals surface area (Å²) in [5.41, 5.74) is 8.45. The Hall–Kier alpha value is -2.65. The fourth-order valence-corrected chi connectivity index (χ4v) is 5.40. The van der Waals surface area contributed by atoms with Gasteiger partial charge in [0.05, 0.1) is 28.1 Å². The van der Waals surface area contributed by atoms with Gasteiger partial charge in [-0.15, -0.1) is 11.3 Å². The minimum atomic E-state index is -0.482. The Kier molecular flexibility index (Phi) is 6.43. The van der Waals surface area contributed by atoms with Gasteiger partial charge in [0.2, 0.25) is 5.91 Å². The van der Waals surface area contributed by atoms with Crippen LogP contribution in [0.2, 0.25) is 0 Å². The zero-order chi connectivity index (χ0) is 22.0. The van der Waals surface area contributed by atoms with Gasteiger partial charge in [0.25, 0.3) is 0 Å². The Balaban J connectivity index is 1.58. The number of benzene rings is 1. The van der Waals surface area contributed by atoms with E-state index < -0.39 is 5.91 Å². The van der Waals surface area contributed by atoms with Crippen LogP contribution in [0.15, 0.2) is 23.6 Å². The van der Waals surface area contributed by atoms with E-state index in [0.717, 1.165) is 39.6 Å². The molecule has 9 heteroatoms. The Morgan fingerprint density at radius 1 is 1.23 bits per heavy atom. The first-order valence-corrected chi connectivity index (χ1v) is 12.2. The van der Waals surface area contributed by atoms with Crippen LogP contribution in [0.5, 0.6) is 5.75 Å². The predicted molar refractivity (Wildman–Crippen MR) is 128 cm³/mol. The molecule has 1 fully saturated rings. The Morgan fingerprint density at radius 2 is 2.00 bits per heavy atom. The average molecular weight is 458 g/mol. The van der Waals surface area contributed by atoms with Crippen LogP contribution in [0, 0.1) is 6.92 Å². The highest BCUT2D eigenvalue weighted by molar-refractivity contribution is 7.19. The Bertz CT molecular complexity index is 1070. The number of carbonyl (C=O) groups excluding carboxylic acids is 1. The standard InChI is InChI=1S/C22H27N5O2S2/c1-13(2)29-18-8-7-15(20(23)28)11-16(18)25-21-26-17(12-30-21)19-14(3)24-22(31-19)27-9-5-4-6-10-27/h7-8,11-13H,4-6,9-10H2,1-3H3,(H2,23,28)(H,25,26). The molecule has 3 N–H and O–H groups in total. The molecule has 3 heterocycles. The third-order valence-corrected chi connectivity index (χ3v) is 7.02. The van der Waals surface area contributed by atoms with Crippen molar-refractivity contribution < 1.29 is 9.53 Å². The fourth-order valence-electron chi connectivity index (χ4n) is 3.53. The van der Waals surface area contributed by atoms with Crippen LogP contribution in [-0.2, 0) is 0 Å². The second kappa shape index (κ2) is 9.23. The number of rotatable bonds is 7. The lowest BCUT2D eigenvalue weighted by Crippen LogP contribution is -2.29. The quantitative estimate of drug-likeness (QED) is 0.507. The number of thiazole rings is 2. The van der Waals surface area contributed by atoms with Crippen molar-refractivity contribution in [3.8, 4) is 16.3 Å². The number of nitrogens with one attached hydrogen (secondary N) is 1. The minimum absolute atomic E-state index is 0.000107. The van der Waals surface area contributed by atoms with Gasteiger partial charge in [0.15, 0.2) is 10.3 Å². The maximum absolute atomic E-state index is 11.6. The van der Waals surface area contributed by atoms with Gasteiger partial charge in [-0.1, -0.05) is 11.3 Å². The van der Waals surface area contributed by atoms with Gasteiger partial charge in [0.1, 0.15) is 5.75 Å². The van der Waals surface area contributed by atoms with Crippen LogP contribution < -0.4 is 20.7 Å². The number of hydrogen-bond donors (Lipinski definition) is 2. The Morgan fingerprint density at radius 3 is 2.71 bits per heavy atom. The summed E-state index contributed by atoms with van der Waals surface area (Å²) in [5.74, 6) is 0.169. The number of carbonyl (C=O) groups is 1. The molecule has 1 aromatic carbocycles. The molecule has 1 aliphatic rings. The molecule has 0 atom stereocenters. The van der Waals surface area contributed by atoms with Crippen LogP contribution in [0.3, 0.4) is 0 Å². The van der Waals surface area contributed by atoms with E-state index in [1.165, 1.54) is 30.6 Å². The number of nitrogens with zero attached hydrogens (tertiary/aromatic N) is 3. The number of primary amides is 1. The van der Waals surface area contributed by atoms with Crippen LogP contribution in [0.1, 0.15) is 49.2 Å². The van der Waals surface area contributed by atoms with Crippen LogP contribution in [0.25, 0.3) is 10.6 Å². The van der Waals surface area contributed by atoms with E-state index in [4.69, 9.17) is 20.4 Å². The van der Waals surface area contributed by atoms with Crippen LogP contribution in [0.4, 0.5) is 16.0 Å². The van der Waals surface area contributed by atoms with Crippen molar-refractivity contribution in [2.75, 3.05) is 23.3 Å². The van der Waals surface area contributed by atoms with Crippen molar-refractivity contribution >= 4 is 44.5 Å². The number of ether oxygens (including phenoxy) is 1. The van der Waals surface area contributed by atoms with E-state index in [9.17, 15) is 4.79 Å². The molecular weight excluding hydrogens is 430 g/mol. The van der Waals surface area contributed by atoms with Crippen molar-refractivity contribution in [2.24, 2.45) is 5.73 Å². The van der Waals surface area contributed by atoms with E-state index >= 15 is 0 Å². The second-order valence-electron chi connectivity index (χ2n) is 7.86. The summed E-state index contributed by atoms with van der Waals surface area (Å²) in [4.78, 5) is 24.7. The SMILES string of the molecule is Cc1nc(N2CCCCC2)sc1-c1csc(Nc2cc(C(N)=O)ccc2OC(C)C)n1. The van der Waals surface area contributed by atoms with E-state index in [1.54, 1.807) is 29.5 Å². The van der Waals surface area contributed by atoms with E-state index in [2.05, 4.69) is 10.2 Å². The van der Waals surface area contributed by atoms with E-state index in [1.807, 2.05) is 26.2 Å². The average Bonchev–Trinajstić information content (AvgIpc) is 3.36. The number of anilines is 3. The van der Waals surface area contributed by atoms with Crippen LogP contribution in [-0.4, -0.2) is 35.1 Å². The number of aryl methyl sites for hydroxylation is 1. The van der Waals surface area contributed by atoms with E-state index in [-0.39, 0.29) is 6.10 Å². The highest BCUT2D eigenvalue weighted by atomic mass is 32.1. The minimum Gasteiger partial charge on any atom is -0.489 e. The molecule has 2 aromatic heterocycles. The monoisotopic (exact) mass is 457 g/mol. The van der Waals surface area contributed by atoms with Gasteiger partial charge >= 0.3 is 0 Å². The summed E-state index contributed by atoms with van der Waals surface area (Å²) in [5, 5.41) is 7.13. The van der Waals surface area contributed by atoms with Gasteiger partial charge in [-0.3, -0.25) is 4.79 Å². The molecular formula is C22H27N5O2S2. The van der Waals surface area contributed by atoms with Crippen molar-refractivity contribution in [1.29, 1.82) is 0 Å². The first kappa shape index (κ1) is 21.6. The number of aromatic nitrogens is 2. The van der Waals surface area contributed by atoms with Crippen LogP contribution >= 0.6 is 22.7 Å². The summed E-state index contributed by atoms with van der Waals surface area (Å²) in [6.07, 6.45) is 3.75. The summed E-state index contributed by atoms with van der Waals surface area (Å²) in [7, 11) is 0. The lowest BCUT2D eigenvalue weighted by atomic mass is 10.1. The Labute approximate surface area is 190 Å². The van der Waals surface area contributed by atoms with Gasteiger partial charge in [0, 0.05) is 24.0 Å². The number of piperidine rings is 1. The van der Waals surface area contributed by atoms with Crippen molar-refractivity contribution in [3.63, 3.8) is 0 Å². The molecule has 0 saturated carbocycles. The molecule has 0 bridgehead atoms. The largest absolute Gasteiger partial charge is 0.489 e. The molecule has 1 saturated heterocycles. The molecule has 31 heavy (non-hydrogen) atoms. The summed E-state index contributed by atoms with van der Waals surface area (Å²) in [6, 6.07) is 5.13.